The lowest BCUT2D eigenvalue weighted by atomic mass is 9.81. The molecular weight excluding hydrogens is 506 g/mol. The Morgan fingerprint density at radius 3 is 2.74 bits per heavy atom. The summed E-state index contributed by atoms with van der Waals surface area (Å²) in [5.74, 6) is -3.21. The molecule has 4 heterocycles. The van der Waals surface area contributed by atoms with Gasteiger partial charge in [-0.05, 0) is 70.1 Å². The molecule has 0 unspecified atom stereocenters. The molecule has 210 valence electrons. The van der Waals surface area contributed by atoms with Gasteiger partial charge in [0, 0.05) is 44.2 Å². The van der Waals surface area contributed by atoms with Crippen LogP contribution in [0.15, 0.2) is 30.7 Å². The van der Waals surface area contributed by atoms with Crippen LogP contribution in [0.3, 0.4) is 0 Å². The van der Waals surface area contributed by atoms with Crippen molar-refractivity contribution in [3.05, 3.63) is 47.7 Å². The van der Waals surface area contributed by atoms with Gasteiger partial charge in [0.1, 0.15) is 5.69 Å². The Morgan fingerprint density at radius 1 is 1.23 bits per heavy atom. The molecule has 2 N–H and O–H groups in total. The summed E-state index contributed by atoms with van der Waals surface area (Å²) in [6, 6.07) is 3.00. The van der Waals surface area contributed by atoms with E-state index >= 15 is 0 Å². The minimum Gasteiger partial charge on any atom is -0.342 e. The SMILES string of the molecule is CC(C)n1nccc1C(=O)N[C@H](c1cn2ncc(CN3CCC[C@@H](C)NC3=O)cc2n1)C1CCC(F)(F)CC1. The molecule has 12 heteroatoms. The average molecular weight is 543 g/mol. The molecule has 1 aliphatic heterocycles. The van der Waals surface area contributed by atoms with Crippen molar-refractivity contribution in [2.24, 2.45) is 5.92 Å². The zero-order valence-corrected chi connectivity index (χ0v) is 22.6. The lowest BCUT2D eigenvalue weighted by Gasteiger charge is -2.33. The average Bonchev–Trinajstić information content (AvgIpc) is 3.51. The fraction of sp³-hybridized carbons (Fsp3) is 0.593. The van der Waals surface area contributed by atoms with Gasteiger partial charge in [0.05, 0.1) is 24.1 Å². The fourth-order valence-corrected chi connectivity index (χ4v) is 5.56. The van der Waals surface area contributed by atoms with Crippen molar-refractivity contribution in [2.75, 3.05) is 6.54 Å². The van der Waals surface area contributed by atoms with Gasteiger partial charge < -0.3 is 15.5 Å². The fourth-order valence-electron chi connectivity index (χ4n) is 5.56. The van der Waals surface area contributed by atoms with Crippen LogP contribution in [-0.2, 0) is 6.54 Å². The summed E-state index contributed by atoms with van der Waals surface area (Å²) in [6.45, 7) is 6.94. The Balaban J connectivity index is 1.40. The molecule has 1 saturated carbocycles. The van der Waals surface area contributed by atoms with Gasteiger partial charge in [-0.3, -0.25) is 9.48 Å². The Bertz CT molecular complexity index is 1330. The maximum absolute atomic E-state index is 14.0. The summed E-state index contributed by atoms with van der Waals surface area (Å²) >= 11 is 0. The van der Waals surface area contributed by atoms with Gasteiger partial charge in [-0.2, -0.15) is 10.2 Å². The second-order valence-electron chi connectivity index (χ2n) is 11.1. The number of urea groups is 1. The molecule has 0 radical (unpaired) electrons. The third-order valence-electron chi connectivity index (χ3n) is 7.72. The van der Waals surface area contributed by atoms with E-state index in [2.05, 4.69) is 20.8 Å². The van der Waals surface area contributed by atoms with Crippen LogP contribution in [-0.4, -0.2) is 59.7 Å². The number of halogens is 2. The number of nitrogens with one attached hydrogen (secondary N) is 2. The number of imidazole rings is 1. The first-order valence-electron chi connectivity index (χ1n) is 13.7. The standard InChI is InChI=1S/C27H36F2N8O2/c1-17(2)37-22(8-11-30-37)25(38)34-24(20-6-9-27(28,29)10-7-20)21-16-36-23(33-21)13-19(14-31-36)15-35-12-4-5-18(3)32-26(35)39/h8,11,13-14,16-18,20,24H,4-7,9-10,12,15H2,1-3H3,(H,32,39)(H,34,38)/t18-,24+/m1/s1. The summed E-state index contributed by atoms with van der Waals surface area (Å²) < 4.78 is 31.2. The highest BCUT2D eigenvalue weighted by atomic mass is 19.3. The summed E-state index contributed by atoms with van der Waals surface area (Å²) in [5.41, 5.74) is 2.38. The number of alkyl halides is 2. The van der Waals surface area contributed by atoms with Crippen LogP contribution >= 0.6 is 0 Å². The molecule has 39 heavy (non-hydrogen) atoms. The van der Waals surface area contributed by atoms with Crippen LogP contribution < -0.4 is 10.6 Å². The normalized spacial score (nSPS) is 21.1. The first-order valence-corrected chi connectivity index (χ1v) is 13.7. The van der Waals surface area contributed by atoms with E-state index in [4.69, 9.17) is 4.98 Å². The quantitative estimate of drug-likeness (QED) is 0.457. The molecule has 2 atom stereocenters. The maximum Gasteiger partial charge on any atom is 0.317 e. The van der Waals surface area contributed by atoms with Crippen LogP contribution in [0, 0.1) is 5.92 Å². The monoisotopic (exact) mass is 542 g/mol. The van der Waals surface area contributed by atoms with E-state index in [-0.39, 0.29) is 55.6 Å². The molecule has 3 aromatic rings. The Labute approximate surface area is 226 Å². The van der Waals surface area contributed by atoms with Crippen LogP contribution in [0.25, 0.3) is 5.65 Å². The van der Waals surface area contributed by atoms with Gasteiger partial charge in [0.25, 0.3) is 5.91 Å². The molecule has 0 bridgehead atoms. The van der Waals surface area contributed by atoms with Crippen molar-refractivity contribution in [3.8, 4) is 0 Å². The Hall–Kier alpha value is -3.57. The summed E-state index contributed by atoms with van der Waals surface area (Å²) in [5, 5.41) is 14.8. The van der Waals surface area contributed by atoms with Gasteiger partial charge >= 0.3 is 6.03 Å². The molecule has 3 aromatic heterocycles. The summed E-state index contributed by atoms with van der Waals surface area (Å²) in [4.78, 5) is 32.4. The second kappa shape index (κ2) is 10.9. The predicted octanol–water partition coefficient (Wildman–Crippen LogP) is 4.50. The maximum atomic E-state index is 14.0. The summed E-state index contributed by atoms with van der Waals surface area (Å²) in [6.07, 6.45) is 6.98. The minimum atomic E-state index is -2.69. The highest BCUT2D eigenvalue weighted by Gasteiger charge is 2.39. The Kier molecular flexibility index (Phi) is 7.55. The number of hydrogen-bond acceptors (Lipinski definition) is 5. The third kappa shape index (κ3) is 6.04. The number of rotatable bonds is 7. The van der Waals surface area contributed by atoms with Crippen LogP contribution in [0.1, 0.15) is 93.1 Å². The molecule has 2 fully saturated rings. The number of aromatic nitrogens is 5. The van der Waals surface area contributed by atoms with Crippen LogP contribution in [0.2, 0.25) is 0 Å². The van der Waals surface area contributed by atoms with Crippen molar-refractivity contribution in [3.63, 3.8) is 0 Å². The van der Waals surface area contributed by atoms with E-state index in [0.29, 0.717) is 30.1 Å². The van der Waals surface area contributed by atoms with Crippen molar-refractivity contribution in [1.82, 2.24) is 39.9 Å². The van der Waals surface area contributed by atoms with Gasteiger partial charge in [-0.15, -0.1) is 0 Å². The highest BCUT2D eigenvalue weighted by molar-refractivity contribution is 5.92. The van der Waals surface area contributed by atoms with Gasteiger partial charge in [-0.25, -0.2) is 23.1 Å². The minimum absolute atomic E-state index is 0.0140. The molecule has 0 aromatic carbocycles. The third-order valence-corrected chi connectivity index (χ3v) is 7.72. The van der Waals surface area contributed by atoms with Gasteiger partial charge in [-0.1, -0.05) is 0 Å². The molecule has 2 aliphatic rings. The predicted molar refractivity (Wildman–Crippen MR) is 140 cm³/mol. The van der Waals surface area contributed by atoms with E-state index < -0.39 is 12.0 Å². The van der Waals surface area contributed by atoms with E-state index in [1.807, 2.05) is 26.8 Å². The first-order chi connectivity index (χ1) is 18.6. The number of carbonyl (C=O) groups is 2. The number of nitrogens with zero attached hydrogens (tertiary/aromatic N) is 6. The molecule has 1 aliphatic carbocycles. The van der Waals surface area contributed by atoms with E-state index in [0.717, 1.165) is 18.4 Å². The van der Waals surface area contributed by atoms with Crippen LogP contribution in [0.4, 0.5) is 13.6 Å². The smallest absolute Gasteiger partial charge is 0.317 e. The van der Waals surface area contributed by atoms with Crippen LogP contribution in [0.5, 0.6) is 0 Å². The van der Waals surface area contributed by atoms with E-state index in [9.17, 15) is 18.4 Å². The molecule has 10 nitrogen and oxygen atoms in total. The van der Waals surface area contributed by atoms with Crippen molar-refractivity contribution >= 4 is 17.6 Å². The van der Waals surface area contributed by atoms with Gasteiger partial charge in [0.2, 0.25) is 5.92 Å². The highest BCUT2D eigenvalue weighted by Crippen LogP contribution is 2.41. The van der Waals surface area contributed by atoms with Crippen molar-refractivity contribution in [1.29, 1.82) is 0 Å². The number of fused-ring (bicyclic) bond motifs is 1. The zero-order chi connectivity index (χ0) is 27.7. The van der Waals surface area contributed by atoms with Gasteiger partial charge in [0.15, 0.2) is 5.65 Å². The largest absolute Gasteiger partial charge is 0.342 e. The van der Waals surface area contributed by atoms with E-state index in [1.165, 1.54) is 0 Å². The second-order valence-corrected chi connectivity index (χ2v) is 11.1. The van der Waals surface area contributed by atoms with Crippen molar-refractivity contribution < 1.29 is 18.4 Å². The zero-order valence-electron chi connectivity index (χ0n) is 22.6. The van der Waals surface area contributed by atoms with E-state index in [1.54, 1.807) is 38.8 Å². The molecular formula is C27H36F2N8O2. The lowest BCUT2D eigenvalue weighted by molar-refractivity contribution is -0.0495. The number of hydrogen-bond donors (Lipinski definition) is 2. The Morgan fingerprint density at radius 2 is 2.00 bits per heavy atom. The molecule has 3 amide bonds. The lowest BCUT2D eigenvalue weighted by Crippen LogP contribution is -2.40. The first kappa shape index (κ1) is 27.0. The van der Waals surface area contributed by atoms with Crippen molar-refractivity contribution in [2.45, 2.75) is 89.9 Å². The molecule has 1 saturated heterocycles. The number of carbonyl (C=O) groups excluding carboxylic acids is 2. The molecule has 0 spiro atoms. The topological polar surface area (TPSA) is 109 Å². The number of amides is 3. The molecule has 5 rings (SSSR count). The summed E-state index contributed by atoms with van der Waals surface area (Å²) in [7, 11) is 0.